The Morgan fingerprint density at radius 3 is 2.31 bits per heavy atom. The maximum absolute atomic E-state index is 11.2. The van der Waals surface area contributed by atoms with Gasteiger partial charge in [-0.15, -0.1) is 0 Å². The van der Waals surface area contributed by atoms with Crippen LogP contribution >= 0.6 is 0 Å². The van der Waals surface area contributed by atoms with Gasteiger partial charge in [0.2, 0.25) is 0 Å². The summed E-state index contributed by atoms with van der Waals surface area (Å²) in [5.41, 5.74) is 0. The first-order valence-electron chi connectivity index (χ1n) is 5.09. The molecule has 0 radical (unpaired) electrons. The third-order valence-electron chi connectivity index (χ3n) is 1.98. The number of aliphatic carboxylic acids is 1. The van der Waals surface area contributed by atoms with Crippen LogP contribution in [0.1, 0.15) is 19.8 Å². The fraction of sp³-hybridized carbons (Fsp3) is 0.700. The molecule has 0 amide bonds. The monoisotopic (exact) mass is 230 g/mol. The van der Waals surface area contributed by atoms with Crippen LogP contribution in [0.4, 0.5) is 0 Å². The number of hydrogen-bond donors (Lipinski definition) is 3. The van der Waals surface area contributed by atoms with Gasteiger partial charge in [0.25, 0.3) is 0 Å². The number of carbonyl (C=O) groups excluding carboxylic acids is 2. The average Bonchev–Trinajstić information content (AvgIpc) is 2.17. The van der Waals surface area contributed by atoms with E-state index in [0.29, 0.717) is 0 Å². The average molecular weight is 230 g/mol. The molecule has 0 saturated carbocycles. The largest absolute Gasteiger partial charge is 0.480 e. The Labute approximate surface area is 94.4 Å². The molecule has 6 nitrogen and oxygen atoms in total. The van der Waals surface area contributed by atoms with Crippen LogP contribution in [0.15, 0.2) is 0 Å². The minimum Gasteiger partial charge on any atom is -0.480 e. The first kappa shape index (κ1) is 14.7. The summed E-state index contributed by atoms with van der Waals surface area (Å²) in [6, 6.07) is -0.843. The maximum Gasteiger partial charge on any atom is 0.320 e. The molecule has 0 aliphatic rings. The highest BCUT2D eigenvalue weighted by Crippen LogP contribution is 1.98. The molecule has 16 heavy (non-hydrogen) atoms. The van der Waals surface area contributed by atoms with E-state index in [1.54, 1.807) is 7.05 Å². The first-order valence-corrected chi connectivity index (χ1v) is 5.09. The summed E-state index contributed by atoms with van der Waals surface area (Å²) in [6.07, 6.45) is 0.381. The van der Waals surface area contributed by atoms with Crippen molar-refractivity contribution in [1.82, 2.24) is 10.6 Å². The second-order valence-electron chi connectivity index (χ2n) is 3.58. The fourth-order valence-corrected chi connectivity index (χ4v) is 1.17. The van der Waals surface area contributed by atoms with Crippen LogP contribution in [0.3, 0.4) is 0 Å². The van der Waals surface area contributed by atoms with E-state index < -0.39 is 12.0 Å². The van der Waals surface area contributed by atoms with Crippen molar-refractivity contribution in [1.29, 1.82) is 0 Å². The van der Waals surface area contributed by atoms with Crippen molar-refractivity contribution in [2.24, 2.45) is 0 Å². The van der Waals surface area contributed by atoms with Crippen molar-refractivity contribution in [3.05, 3.63) is 0 Å². The molecule has 0 aromatic rings. The summed E-state index contributed by atoms with van der Waals surface area (Å²) in [5, 5.41) is 14.1. The summed E-state index contributed by atoms with van der Waals surface area (Å²) < 4.78 is 0. The van der Waals surface area contributed by atoms with Gasteiger partial charge in [0, 0.05) is 6.42 Å². The van der Waals surface area contributed by atoms with E-state index in [4.69, 9.17) is 5.11 Å². The summed E-state index contributed by atoms with van der Waals surface area (Å²) in [5.74, 6) is -1.22. The van der Waals surface area contributed by atoms with Crippen LogP contribution in [0.2, 0.25) is 0 Å². The molecule has 0 bridgehead atoms. The maximum atomic E-state index is 11.2. The number of rotatable bonds is 9. The molecule has 1 atom stereocenters. The summed E-state index contributed by atoms with van der Waals surface area (Å²) in [7, 11) is 1.65. The van der Waals surface area contributed by atoms with Crippen LogP contribution in [-0.2, 0) is 14.4 Å². The van der Waals surface area contributed by atoms with Gasteiger partial charge in [-0.1, -0.05) is 0 Å². The Hall–Kier alpha value is -1.27. The molecule has 6 heteroatoms. The van der Waals surface area contributed by atoms with E-state index in [-0.39, 0.29) is 37.5 Å². The lowest BCUT2D eigenvalue weighted by Gasteiger charge is -2.12. The van der Waals surface area contributed by atoms with Crippen LogP contribution in [0.5, 0.6) is 0 Å². The number of Topliss-reactive ketones (excluding diaryl/α,β-unsaturated/α-hetero) is 2. The van der Waals surface area contributed by atoms with E-state index in [1.807, 2.05) is 0 Å². The zero-order chi connectivity index (χ0) is 12.6. The molecule has 3 N–H and O–H groups in total. The van der Waals surface area contributed by atoms with Gasteiger partial charge in [-0.25, -0.2) is 0 Å². The third-order valence-corrected chi connectivity index (χ3v) is 1.98. The summed E-state index contributed by atoms with van der Waals surface area (Å²) >= 11 is 0. The number of ketones is 2. The molecular weight excluding hydrogens is 212 g/mol. The molecule has 0 aromatic heterocycles. The van der Waals surface area contributed by atoms with Gasteiger partial charge in [-0.05, 0) is 20.4 Å². The fourth-order valence-electron chi connectivity index (χ4n) is 1.17. The van der Waals surface area contributed by atoms with Gasteiger partial charge in [-0.2, -0.15) is 0 Å². The number of carboxylic acid groups (broad SMARTS) is 1. The lowest BCUT2D eigenvalue weighted by atomic mass is 10.1. The lowest BCUT2D eigenvalue weighted by molar-refractivity contribution is -0.139. The Balaban J connectivity index is 3.99. The first-order chi connectivity index (χ1) is 7.47. The van der Waals surface area contributed by atoms with Gasteiger partial charge in [0.05, 0.1) is 13.1 Å². The second kappa shape index (κ2) is 7.95. The number of nitrogens with one attached hydrogen (secondary N) is 2. The minimum absolute atomic E-state index is 0.0111. The Morgan fingerprint density at radius 2 is 1.88 bits per heavy atom. The quantitative estimate of drug-likeness (QED) is 0.479. The van der Waals surface area contributed by atoms with Crippen molar-refractivity contribution in [3.8, 4) is 0 Å². The van der Waals surface area contributed by atoms with Crippen molar-refractivity contribution in [2.45, 2.75) is 25.8 Å². The van der Waals surface area contributed by atoms with Gasteiger partial charge in [0.15, 0.2) is 0 Å². The number of carbonyl (C=O) groups is 3. The molecular formula is C10H18N2O4. The van der Waals surface area contributed by atoms with Gasteiger partial charge in [0.1, 0.15) is 17.6 Å². The van der Waals surface area contributed by atoms with Crippen LogP contribution in [0, 0.1) is 0 Å². The Kier molecular flexibility index (Phi) is 7.32. The lowest BCUT2D eigenvalue weighted by Crippen LogP contribution is -2.39. The topological polar surface area (TPSA) is 95.5 Å². The van der Waals surface area contributed by atoms with Crippen molar-refractivity contribution in [3.63, 3.8) is 0 Å². The number of likely N-dealkylation sites (N-methyl/N-ethyl adjacent to an activating group) is 1. The molecule has 0 heterocycles. The van der Waals surface area contributed by atoms with E-state index in [2.05, 4.69) is 10.6 Å². The smallest absolute Gasteiger partial charge is 0.320 e. The highest BCUT2D eigenvalue weighted by atomic mass is 16.4. The Bertz CT molecular complexity index is 266. The Morgan fingerprint density at radius 1 is 1.25 bits per heavy atom. The predicted octanol–water partition coefficient (Wildman–Crippen LogP) is -0.813. The summed E-state index contributed by atoms with van der Waals surface area (Å²) in [6.45, 7) is 1.62. The highest BCUT2D eigenvalue weighted by molar-refractivity contribution is 5.82. The van der Waals surface area contributed by atoms with E-state index in [9.17, 15) is 14.4 Å². The third kappa shape index (κ3) is 7.08. The molecule has 0 spiro atoms. The number of hydrogen-bond acceptors (Lipinski definition) is 5. The zero-order valence-corrected chi connectivity index (χ0v) is 9.58. The molecule has 0 fully saturated rings. The van der Waals surface area contributed by atoms with Gasteiger partial charge < -0.3 is 10.4 Å². The molecule has 0 rings (SSSR count). The normalized spacial score (nSPS) is 12.1. The summed E-state index contributed by atoms with van der Waals surface area (Å²) in [4.78, 5) is 32.6. The van der Waals surface area contributed by atoms with E-state index in [1.165, 1.54) is 6.92 Å². The molecule has 1 unspecified atom stereocenters. The van der Waals surface area contributed by atoms with Crippen molar-refractivity contribution >= 4 is 17.5 Å². The van der Waals surface area contributed by atoms with Gasteiger partial charge in [-0.3, -0.25) is 19.7 Å². The molecule has 0 aliphatic heterocycles. The second-order valence-corrected chi connectivity index (χ2v) is 3.58. The molecule has 92 valence electrons. The van der Waals surface area contributed by atoms with E-state index in [0.717, 1.165) is 0 Å². The predicted molar refractivity (Wildman–Crippen MR) is 58.3 cm³/mol. The molecule has 0 aromatic carbocycles. The molecule has 0 aliphatic carbocycles. The standard InChI is InChI=1S/C10H18N2O4/c1-7(13)5-12-9(10(15)16)4-3-8(14)6-11-2/h9,11-12H,3-6H2,1-2H3,(H,15,16). The molecule has 0 saturated heterocycles. The zero-order valence-electron chi connectivity index (χ0n) is 9.58. The van der Waals surface area contributed by atoms with Crippen molar-refractivity contribution < 1.29 is 19.5 Å². The SMILES string of the molecule is CNCC(=O)CCC(NCC(C)=O)C(=O)O. The van der Waals surface area contributed by atoms with Crippen LogP contribution < -0.4 is 10.6 Å². The number of carboxylic acids is 1. The van der Waals surface area contributed by atoms with E-state index >= 15 is 0 Å². The highest BCUT2D eigenvalue weighted by Gasteiger charge is 2.18. The van der Waals surface area contributed by atoms with Crippen LogP contribution in [0.25, 0.3) is 0 Å². The van der Waals surface area contributed by atoms with Gasteiger partial charge >= 0.3 is 5.97 Å². The minimum atomic E-state index is -1.04. The van der Waals surface area contributed by atoms with Crippen molar-refractivity contribution in [2.75, 3.05) is 20.1 Å². The van der Waals surface area contributed by atoms with Crippen LogP contribution in [-0.4, -0.2) is 48.8 Å².